The largest absolute Gasteiger partial charge is 0.481 e. The normalized spacial score (nSPS) is 21.6. The number of unbranched alkanes of at least 4 members (excludes halogenated alkanes) is 2. The third-order valence-corrected chi connectivity index (χ3v) is 16.3. The average Bonchev–Trinajstić information content (AvgIpc) is 3.80. The second-order valence-corrected chi connectivity index (χ2v) is 22.5. The Kier molecular flexibility index (Phi) is 24.1. The van der Waals surface area contributed by atoms with Gasteiger partial charge in [-0.05, 0) is 127 Å². The number of hydrogen-bond acceptors (Lipinski definition) is 11. The summed E-state index contributed by atoms with van der Waals surface area (Å²) in [6.45, 7) is 25.7. The first-order valence-corrected chi connectivity index (χ1v) is 29.2. The lowest BCUT2D eigenvalue weighted by Crippen LogP contribution is -2.51. The number of nitrogens with one attached hydrogen (secondary N) is 4. The Morgan fingerprint density at radius 2 is 1.64 bits per heavy atom. The van der Waals surface area contributed by atoms with E-state index in [-0.39, 0.29) is 61.7 Å². The van der Waals surface area contributed by atoms with E-state index in [1.807, 2.05) is 12.1 Å². The SMILES string of the molecule is C=C/C=C1\C(=C/C)C(C)(C)C(CCC2=C(Oc3ccccc3)C(CCC3N(CCC[CH2-])c4ccc(C5OC5NCCOCCOCC(=O)NCCCCC(NC(=O)NC(CCC(=O)O)C(=O)O)C(=O)O)cc4C3(C)C)CCC2)=[N+]1CC. The molecule has 0 bridgehead atoms. The monoisotopic (exact) mass is 1120 g/mol. The summed E-state index contributed by atoms with van der Waals surface area (Å²) in [7, 11) is 0. The first-order valence-electron chi connectivity index (χ1n) is 29.2. The lowest BCUT2D eigenvalue weighted by molar-refractivity contribution is -0.466. The number of fused-ring (bicyclic) bond motifs is 1. The van der Waals surface area contributed by atoms with Gasteiger partial charge in [0.05, 0.1) is 25.2 Å². The maximum atomic E-state index is 12.3. The van der Waals surface area contributed by atoms with Crippen molar-refractivity contribution < 1.29 is 62.8 Å². The molecule has 4 aliphatic rings. The zero-order valence-electron chi connectivity index (χ0n) is 48.7. The van der Waals surface area contributed by atoms with Crippen LogP contribution < -0.4 is 30.9 Å². The summed E-state index contributed by atoms with van der Waals surface area (Å²) >= 11 is 0. The predicted molar refractivity (Wildman–Crippen MR) is 312 cm³/mol. The van der Waals surface area contributed by atoms with Crippen LogP contribution in [0.5, 0.6) is 5.75 Å². The predicted octanol–water partition coefficient (Wildman–Crippen LogP) is 9.37. The lowest BCUT2D eigenvalue weighted by Gasteiger charge is -2.37. The van der Waals surface area contributed by atoms with Crippen molar-refractivity contribution in [1.82, 2.24) is 21.3 Å². The molecule has 0 spiro atoms. The number of aliphatic carboxylic acids is 3. The quantitative estimate of drug-likeness (QED) is 0.0147. The van der Waals surface area contributed by atoms with Crippen LogP contribution in [0.2, 0.25) is 0 Å². The Morgan fingerprint density at radius 1 is 0.914 bits per heavy atom. The number of rotatable bonds is 35. The number of carboxylic acids is 3. The van der Waals surface area contributed by atoms with E-state index in [0.29, 0.717) is 44.6 Å². The first kappa shape index (κ1) is 63.8. The van der Waals surface area contributed by atoms with Crippen LogP contribution in [0.1, 0.15) is 149 Å². The summed E-state index contributed by atoms with van der Waals surface area (Å²) < 4.78 is 26.9. The van der Waals surface area contributed by atoms with Crippen molar-refractivity contribution in [3.05, 3.63) is 114 Å². The summed E-state index contributed by atoms with van der Waals surface area (Å²) in [5.74, 6) is -1.93. The fraction of sp³-hybridized carbons (Fsp3) is 0.571. The Balaban J connectivity index is 0.945. The molecule has 0 saturated carbocycles. The highest BCUT2D eigenvalue weighted by Crippen LogP contribution is 2.51. The van der Waals surface area contributed by atoms with E-state index in [9.17, 15) is 34.2 Å². The van der Waals surface area contributed by atoms with Gasteiger partial charge < -0.3 is 62.0 Å². The highest BCUT2D eigenvalue weighted by atomic mass is 16.6. The number of epoxide rings is 1. The van der Waals surface area contributed by atoms with Crippen molar-refractivity contribution >= 4 is 41.2 Å². The van der Waals surface area contributed by atoms with E-state index in [4.69, 9.17) is 24.1 Å². The Morgan fingerprint density at radius 3 is 2.32 bits per heavy atom. The molecule has 1 fully saturated rings. The third-order valence-electron chi connectivity index (χ3n) is 16.3. The fourth-order valence-corrected chi connectivity index (χ4v) is 12.1. The van der Waals surface area contributed by atoms with Crippen molar-refractivity contribution in [2.24, 2.45) is 11.3 Å². The van der Waals surface area contributed by atoms with Gasteiger partial charge in [0.2, 0.25) is 11.6 Å². The van der Waals surface area contributed by atoms with E-state index >= 15 is 0 Å². The molecule has 6 rings (SSSR count). The molecular formula is C63H90N6O12. The number of benzene rings is 2. The van der Waals surface area contributed by atoms with Gasteiger partial charge in [0, 0.05) is 67.2 Å². The fourth-order valence-electron chi connectivity index (χ4n) is 12.1. The van der Waals surface area contributed by atoms with Crippen LogP contribution in [-0.4, -0.2) is 132 Å². The number of para-hydroxylation sites is 1. The lowest BCUT2D eigenvalue weighted by atomic mass is 9.75. The number of carbonyl (C=O) groups is 5. The molecule has 0 radical (unpaired) electrons. The van der Waals surface area contributed by atoms with E-state index < -0.39 is 42.4 Å². The van der Waals surface area contributed by atoms with E-state index in [1.54, 1.807) is 0 Å². The van der Waals surface area contributed by atoms with Gasteiger partial charge in [0.15, 0.2) is 5.71 Å². The van der Waals surface area contributed by atoms with Gasteiger partial charge in [-0.2, -0.15) is 11.0 Å². The summed E-state index contributed by atoms with van der Waals surface area (Å²) in [4.78, 5) is 61.0. The minimum atomic E-state index is -1.49. The zero-order valence-corrected chi connectivity index (χ0v) is 48.7. The zero-order chi connectivity index (χ0) is 58.7. The second-order valence-electron chi connectivity index (χ2n) is 22.5. The van der Waals surface area contributed by atoms with Crippen molar-refractivity contribution in [3.8, 4) is 5.75 Å². The molecule has 18 heteroatoms. The molecule has 444 valence electrons. The average molecular weight is 1120 g/mol. The van der Waals surface area contributed by atoms with E-state index in [0.717, 1.165) is 82.2 Å². The summed E-state index contributed by atoms with van der Waals surface area (Å²) in [6, 6.07) is 13.7. The summed E-state index contributed by atoms with van der Waals surface area (Å²) in [5, 5.41) is 38.0. The number of nitrogens with zero attached hydrogens (tertiary/aromatic N) is 2. The molecule has 3 aliphatic heterocycles. The highest BCUT2D eigenvalue weighted by Gasteiger charge is 2.49. The molecule has 18 nitrogen and oxygen atoms in total. The molecule has 1 aliphatic carbocycles. The number of carboxylic acid groups (broad SMARTS) is 3. The van der Waals surface area contributed by atoms with Crippen molar-refractivity contribution in [3.63, 3.8) is 0 Å². The van der Waals surface area contributed by atoms with Crippen LogP contribution >= 0.6 is 0 Å². The first-order chi connectivity index (χ1) is 38.8. The van der Waals surface area contributed by atoms with Crippen LogP contribution in [0.4, 0.5) is 10.5 Å². The number of allylic oxidation sites excluding steroid dienone is 6. The molecule has 0 aromatic heterocycles. The molecule has 1 saturated heterocycles. The van der Waals surface area contributed by atoms with Crippen molar-refractivity contribution in [2.45, 2.75) is 167 Å². The van der Waals surface area contributed by atoms with Gasteiger partial charge >= 0.3 is 23.9 Å². The maximum Gasteiger partial charge on any atom is 0.326 e. The number of likely N-dealkylation sites (N-methyl/N-ethyl adjacent to an activating group) is 1. The molecule has 2 aromatic carbocycles. The molecule has 3 heterocycles. The van der Waals surface area contributed by atoms with Crippen molar-refractivity contribution in [1.29, 1.82) is 0 Å². The Labute approximate surface area is 479 Å². The summed E-state index contributed by atoms with van der Waals surface area (Å²) in [6.07, 6.45) is 15.3. The van der Waals surface area contributed by atoms with E-state index in [2.05, 4.69) is 140 Å². The number of urea groups is 1. The summed E-state index contributed by atoms with van der Waals surface area (Å²) in [5.41, 5.74) is 9.17. The maximum absolute atomic E-state index is 12.3. The van der Waals surface area contributed by atoms with Gasteiger partial charge in [-0.3, -0.25) is 14.9 Å². The Bertz CT molecular complexity index is 2630. The van der Waals surface area contributed by atoms with Crippen LogP contribution in [-0.2, 0) is 38.8 Å². The van der Waals surface area contributed by atoms with Gasteiger partial charge in [-0.15, -0.1) is 0 Å². The minimum absolute atomic E-state index is 0.0207. The van der Waals surface area contributed by atoms with Gasteiger partial charge in [-0.25, -0.2) is 14.4 Å². The molecule has 7 N–H and O–H groups in total. The third kappa shape index (κ3) is 17.3. The molecule has 6 unspecified atom stereocenters. The van der Waals surface area contributed by atoms with Gasteiger partial charge in [0.25, 0.3) is 0 Å². The van der Waals surface area contributed by atoms with Crippen molar-refractivity contribution in [2.75, 3.05) is 57.5 Å². The highest BCUT2D eigenvalue weighted by molar-refractivity contribution is 5.92. The molecule has 81 heavy (non-hydrogen) atoms. The Hall–Kier alpha value is -6.34. The second kappa shape index (κ2) is 30.6. The van der Waals surface area contributed by atoms with Gasteiger partial charge in [0.1, 0.15) is 49.1 Å². The number of ether oxygens (including phenoxy) is 4. The topological polar surface area (TPSA) is 241 Å². The standard InChI is InChI=1S/C63H90N6O12/c1-9-13-36-69-51-30-26-44(57-58(81-57)65-35-37-78-38-39-79-41-54(70)64-34-18-17-25-48(59(73)74)66-61(77)67-49(60(75)76)29-33-55(71)72)40-47(51)63(7,8)53(69)32-28-43-22-19-21-42(56(43)80-45-23-15-14-16-24-45)27-31-52-62(5,6)46(11-3)50(20-10-2)68(52)12-4/h10-11,14-16,20,23-24,26,30,40,43,48-49,53,57-58,65H,1-2,9,12-13,17-19,21-22,25,27-29,31-39,41H2,3-8H3,(H,64,70)(H,71,72)(H,73,74)(H,75,76)(H2,66,67,77)/b46-11+,50-20+. The smallest absolute Gasteiger partial charge is 0.326 e. The van der Waals surface area contributed by atoms with Crippen LogP contribution in [0.3, 0.4) is 0 Å². The van der Waals surface area contributed by atoms with Gasteiger partial charge in [-0.1, -0.05) is 69.3 Å². The number of hydrogen-bond donors (Lipinski definition) is 7. The van der Waals surface area contributed by atoms with Crippen LogP contribution in [0, 0.1) is 18.3 Å². The molecular weight excluding hydrogens is 1030 g/mol. The molecule has 6 atom stereocenters. The van der Waals surface area contributed by atoms with Crippen LogP contribution in [0.25, 0.3) is 0 Å². The number of anilines is 1. The molecule has 3 amide bonds. The van der Waals surface area contributed by atoms with E-state index in [1.165, 1.54) is 39.6 Å². The minimum Gasteiger partial charge on any atom is -0.481 e. The molecule has 2 aromatic rings. The van der Waals surface area contributed by atoms with Crippen LogP contribution in [0.15, 0.2) is 95.9 Å². The number of carbonyl (C=O) groups excluding carboxylic acids is 2. The number of amides is 3.